The molecule has 0 aliphatic rings. The van der Waals surface area contributed by atoms with E-state index in [0.29, 0.717) is 5.56 Å². The van der Waals surface area contributed by atoms with E-state index >= 15 is 0 Å². The largest absolute Gasteiger partial charge is 0.507 e. The molecule has 0 heterocycles. The summed E-state index contributed by atoms with van der Waals surface area (Å²) in [4.78, 5) is 0. The molecule has 0 aliphatic carbocycles. The molecule has 6 aromatic rings. The summed E-state index contributed by atoms with van der Waals surface area (Å²) < 4.78 is 0. The first-order valence-electron chi connectivity index (χ1n) is 10.7. The van der Waals surface area contributed by atoms with Gasteiger partial charge in [-0.2, -0.15) is 0 Å². The lowest BCUT2D eigenvalue weighted by atomic mass is 9.82. The number of hydrogen-bond donors (Lipinski definition) is 2. The van der Waals surface area contributed by atoms with Crippen molar-refractivity contribution in [3.63, 3.8) is 0 Å². The van der Waals surface area contributed by atoms with Crippen LogP contribution in [0.15, 0.2) is 84.9 Å². The van der Waals surface area contributed by atoms with Crippen molar-refractivity contribution in [1.82, 2.24) is 0 Å². The Morgan fingerprint density at radius 1 is 0.677 bits per heavy atom. The van der Waals surface area contributed by atoms with Gasteiger partial charge >= 0.3 is 0 Å². The van der Waals surface area contributed by atoms with E-state index in [-0.39, 0.29) is 18.3 Å². The minimum absolute atomic E-state index is 0.0283. The monoisotopic (exact) mass is 402 g/mol. The van der Waals surface area contributed by atoms with Gasteiger partial charge in [-0.25, -0.2) is 0 Å². The highest BCUT2D eigenvalue weighted by molar-refractivity contribution is 6.24. The van der Waals surface area contributed by atoms with E-state index in [2.05, 4.69) is 73.7 Å². The Labute approximate surface area is 180 Å². The second-order valence-corrected chi connectivity index (χ2v) is 8.41. The van der Waals surface area contributed by atoms with E-state index in [1.54, 1.807) is 0 Å². The lowest BCUT2D eigenvalue weighted by Crippen LogP contribution is -2.02. The van der Waals surface area contributed by atoms with Gasteiger partial charge in [0, 0.05) is 17.0 Å². The summed E-state index contributed by atoms with van der Waals surface area (Å²) in [5.41, 5.74) is 2.63. The molecule has 0 bridgehead atoms. The summed E-state index contributed by atoms with van der Waals surface area (Å²) in [5.74, 6) is 0.175. The number of phenols is 1. The fourth-order valence-corrected chi connectivity index (χ4v) is 5.22. The van der Waals surface area contributed by atoms with E-state index in [1.807, 2.05) is 18.2 Å². The smallest absolute Gasteiger partial charge is 0.126 e. The van der Waals surface area contributed by atoms with Crippen LogP contribution in [-0.2, 0) is 6.61 Å². The molecule has 31 heavy (non-hydrogen) atoms. The predicted octanol–water partition coefficient (Wildman–Crippen LogP) is 7.09. The van der Waals surface area contributed by atoms with Crippen molar-refractivity contribution in [2.45, 2.75) is 19.4 Å². The molecule has 0 radical (unpaired) electrons. The highest BCUT2D eigenvalue weighted by Gasteiger charge is 2.23. The minimum Gasteiger partial charge on any atom is -0.507 e. The van der Waals surface area contributed by atoms with Crippen LogP contribution in [0.3, 0.4) is 0 Å². The van der Waals surface area contributed by atoms with Crippen molar-refractivity contribution in [1.29, 1.82) is 0 Å². The van der Waals surface area contributed by atoms with Crippen LogP contribution in [0.1, 0.15) is 29.5 Å². The van der Waals surface area contributed by atoms with Gasteiger partial charge in [0.25, 0.3) is 0 Å². The van der Waals surface area contributed by atoms with Gasteiger partial charge in [-0.3, -0.25) is 0 Å². The van der Waals surface area contributed by atoms with Crippen molar-refractivity contribution in [2.75, 3.05) is 0 Å². The number of hydrogen-bond acceptors (Lipinski definition) is 2. The average molecular weight is 402 g/mol. The molecule has 0 aliphatic heterocycles. The lowest BCUT2D eigenvalue weighted by molar-refractivity contribution is 0.277. The van der Waals surface area contributed by atoms with Crippen molar-refractivity contribution in [2.24, 2.45) is 0 Å². The number of aliphatic hydroxyl groups is 1. The zero-order valence-corrected chi connectivity index (χ0v) is 17.3. The molecule has 1 atom stereocenters. The molecule has 1 unspecified atom stereocenters. The third-order valence-corrected chi connectivity index (χ3v) is 6.80. The molecule has 0 fully saturated rings. The van der Waals surface area contributed by atoms with Gasteiger partial charge in [0.2, 0.25) is 0 Å². The second-order valence-electron chi connectivity index (χ2n) is 8.41. The molecular formula is C29H22O2. The van der Waals surface area contributed by atoms with Crippen LogP contribution in [0.5, 0.6) is 5.75 Å². The van der Waals surface area contributed by atoms with Gasteiger partial charge in [0.15, 0.2) is 0 Å². The molecule has 6 aromatic carbocycles. The van der Waals surface area contributed by atoms with Gasteiger partial charge < -0.3 is 10.2 Å². The zero-order chi connectivity index (χ0) is 21.1. The SMILES string of the molecule is CC(c1ccc2ccccc2c1)c1c(O)c(CO)c2ccc3cccc4ccc1c2c34. The van der Waals surface area contributed by atoms with Gasteiger partial charge in [-0.15, -0.1) is 0 Å². The van der Waals surface area contributed by atoms with E-state index in [9.17, 15) is 10.2 Å². The summed E-state index contributed by atoms with van der Waals surface area (Å²) >= 11 is 0. The van der Waals surface area contributed by atoms with Crippen LogP contribution in [0, 0.1) is 0 Å². The van der Waals surface area contributed by atoms with Crippen molar-refractivity contribution < 1.29 is 10.2 Å². The number of rotatable bonds is 3. The second kappa shape index (κ2) is 6.69. The first-order valence-corrected chi connectivity index (χ1v) is 10.7. The van der Waals surface area contributed by atoms with Crippen LogP contribution in [0.25, 0.3) is 43.1 Å². The molecule has 6 rings (SSSR count). The average Bonchev–Trinajstić information content (AvgIpc) is 2.81. The van der Waals surface area contributed by atoms with Gasteiger partial charge in [0.05, 0.1) is 6.61 Å². The number of benzene rings is 6. The van der Waals surface area contributed by atoms with Crippen LogP contribution in [0.4, 0.5) is 0 Å². The Hall–Kier alpha value is -3.62. The normalized spacial score (nSPS) is 13.0. The fraction of sp³-hybridized carbons (Fsp3) is 0.103. The summed E-state index contributed by atoms with van der Waals surface area (Å²) in [6.45, 7) is 1.94. The summed E-state index contributed by atoms with van der Waals surface area (Å²) in [5, 5.41) is 30.6. The Balaban J connectivity index is 1.71. The molecule has 0 spiro atoms. The molecule has 2 nitrogen and oxygen atoms in total. The topological polar surface area (TPSA) is 40.5 Å². The molecule has 0 saturated carbocycles. The molecular weight excluding hydrogens is 380 g/mol. The number of aromatic hydroxyl groups is 1. The molecule has 2 N–H and O–H groups in total. The Bertz CT molecular complexity index is 1580. The molecule has 150 valence electrons. The van der Waals surface area contributed by atoms with Crippen LogP contribution in [-0.4, -0.2) is 10.2 Å². The predicted molar refractivity (Wildman–Crippen MR) is 129 cm³/mol. The summed E-state index contributed by atoms with van der Waals surface area (Å²) in [7, 11) is 0. The van der Waals surface area contributed by atoms with Gasteiger partial charge in [-0.05, 0) is 48.7 Å². The van der Waals surface area contributed by atoms with Crippen LogP contribution >= 0.6 is 0 Å². The lowest BCUT2D eigenvalue weighted by Gasteiger charge is -2.23. The quantitative estimate of drug-likeness (QED) is 0.310. The van der Waals surface area contributed by atoms with Crippen molar-refractivity contribution in [3.8, 4) is 5.75 Å². The maximum atomic E-state index is 11.3. The number of aliphatic hydroxyl groups excluding tert-OH is 1. The molecule has 2 heteroatoms. The third kappa shape index (κ3) is 2.55. The van der Waals surface area contributed by atoms with Gasteiger partial charge in [-0.1, -0.05) is 91.9 Å². The molecule has 0 saturated heterocycles. The summed E-state index contributed by atoms with van der Waals surface area (Å²) in [6, 6.07) is 29.5. The van der Waals surface area contributed by atoms with E-state index in [1.165, 1.54) is 26.9 Å². The van der Waals surface area contributed by atoms with Gasteiger partial charge in [0.1, 0.15) is 5.75 Å². The van der Waals surface area contributed by atoms with E-state index < -0.39 is 0 Å². The maximum absolute atomic E-state index is 11.3. The molecule has 0 aromatic heterocycles. The minimum atomic E-state index is -0.197. The Morgan fingerprint density at radius 2 is 1.32 bits per heavy atom. The standard InChI is InChI=1S/C29H22O2/c1-17(21-10-9-18-5-2-3-6-22(18)15-21)26-24-14-12-20-8-4-7-19-11-13-23(28(24)27(19)20)25(16-30)29(26)31/h2-15,17,30-31H,16H2,1H3. The van der Waals surface area contributed by atoms with Crippen molar-refractivity contribution in [3.05, 3.63) is 102 Å². The number of fused-ring (bicyclic) bond motifs is 1. The van der Waals surface area contributed by atoms with E-state index in [4.69, 9.17) is 0 Å². The third-order valence-electron chi connectivity index (χ3n) is 6.80. The van der Waals surface area contributed by atoms with Crippen LogP contribution < -0.4 is 0 Å². The first kappa shape index (κ1) is 18.2. The van der Waals surface area contributed by atoms with Crippen LogP contribution in [0.2, 0.25) is 0 Å². The molecule has 0 amide bonds. The first-order chi connectivity index (χ1) is 15.2. The van der Waals surface area contributed by atoms with Crippen molar-refractivity contribution >= 4 is 43.1 Å². The highest BCUT2D eigenvalue weighted by atomic mass is 16.3. The maximum Gasteiger partial charge on any atom is 0.126 e. The Kier molecular flexibility index (Phi) is 3.92. The van der Waals surface area contributed by atoms with E-state index in [0.717, 1.165) is 27.3 Å². The fourth-order valence-electron chi connectivity index (χ4n) is 5.22. The Morgan fingerprint density at radius 3 is 2.06 bits per heavy atom. The summed E-state index contributed by atoms with van der Waals surface area (Å²) in [6.07, 6.45) is 0. The zero-order valence-electron chi connectivity index (χ0n) is 17.3. The highest BCUT2D eigenvalue weighted by Crippen LogP contribution is 2.46.